The lowest BCUT2D eigenvalue weighted by Crippen LogP contribution is -1.97. The molecule has 3 rings (SSSR count). The van der Waals surface area contributed by atoms with Crippen molar-refractivity contribution < 1.29 is 24.2 Å². The van der Waals surface area contributed by atoms with Crippen LogP contribution in [0.1, 0.15) is 34.4 Å². The van der Waals surface area contributed by atoms with Gasteiger partial charge in [0.15, 0.2) is 0 Å². The summed E-state index contributed by atoms with van der Waals surface area (Å²) in [6.07, 6.45) is 2.07. The number of nitrogens with one attached hydrogen (secondary N) is 1. The van der Waals surface area contributed by atoms with Crippen molar-refractivity contribution in [3.05, 3.63) is 57.9 Å². The van der Waals surface area contributed by atoms with E-state index in [2.05, 4.69) is 15.2 Å². The first kappa shape index (κ1) is 19.4. The summed E-state index contributed by atoms with van der Waals surface area (Å²) in [7, 11) is 0. The third-order valence-corrected chi connectivity index (χ3v) is 4.77. The van der Waals surface area contributed by atoms with Gasteiger partial charge in [0.2, 0.25) is 5.16 Å². The van der Waals surface area contributed by atoms with Gasteiger partial charge >= 0.3 is 11.9 Å². The molecular formula is C19H17N3O5S. The molecule has 0 spiro atoms. The Morgan fingerprint density at radius 3 is 2.64 bits per heavy atom. The number of rotatable bonds is 7. The van der Waals surface area contributed by atoms with Crippen LogP contribution in [0.15, 0.2) is 44.8 Å². The molecule has 0 unspecified atom stereocenters. The number of benzene rings is 1. The van der Waals surface area contributed by atoms with Gasteiger partial charge < -0.3 is 14.6 Å². The van der Waals surface area contributed by atoms with E-state index >= 15 is 0 Å². The van der Waals surface area contributed by atoms with Crippen LogP contribution in [-0.4, -0.2) is 37.3 Å². The highest BCUT2D eigenvalue weighted by atomic mass is 32.2. The minimum atomic E-state index is -1.12. The van der Waals surface area contributed by atoms with Crippen LogP contribution in [0.5, 0.6) is 0 Å². The Labute approximate surface area is 164 Å². The standard InChI is InChI=1S/C19H17N3O5S/c1-3-16-20-19(22-21-16)28-15(18(25)26)9-12-5-7-14(27-12)13-6-4-11(17(23)24)8-10(13)2/h4-9H,3H2,1-2H3,(H,23,24)(H,25,26)(H,20,21,22)/b15-9+. The lowest BCUT2D eigenvalue weighted by atomic mass is 10.0. The number of thioether (sulfide) groups is 1. The molecule has 3 aromatic rings. The van der Waals surface area contributed by atoms with E-state index in [1.54, 1.807) is 31.2 Å². The largest absolute Gasteiger partial charge is 0.478 e. The van der Waals surface area contributed by atoms with Crippen molar-refractivity contribution in [2.24, 2.45) is 0 Å². The van der Waals surface area contributed by atoms with Gasteiger partial charge in [0.05, 0.1) is 5.56 Å². The molecule has 28 heavy (non-hydrogen) atoms. The fourth-order valence-corrected chi connectivity index (χ4v) is 3.20. The quantitative estimate of drug-likeness (QED) is 0.403. The summed E-state index contributed by atoms with van der Waals surface area (Å²) < 4.78 is 5.75. The van der Waals surface area contributed by atoms with Gasteiger partial charge in [-0.3, -0.25) is 5.10 Å². The second kappa shape index (κ2) is 8.13. The van der Waals surface area contributed by atoms with Crippen LogP contribution >= 0.6 is 11.8 Å². The monoisotopic (exact) mass is 399 g/mol. The summed E-state index contributed by atoms with van der Waals surface area (Å²) in [6, 6.07) is 8.08. The van der Waals surface area contributed by atoms with E-state index in [1.807, 2.05) is 6.92 Å². The predicted octanol–water partition coefficient (Wildman–Crippen LogP) is 3.85. The molecule has 2 heterocycles. The molecule has 8 nitrogen and oxygen atoms in total. The summed E-state index contributed by atoms with van der Waals surface area (Å²) in [4.78, 5) is 26.8. The number of aromatic nitrogens is 3. The highest BCUT2D eigenvalue weighted by molar-refractivity contribution is 8.04. The zero-order valence-corrected chi connectivity index (χ0v) is 15.9. The highest BCUT2D eigenvalue weighted by Gasteiger charge is 2.15. The van der Waals surface area contributed by atoms with E-state index in [-0.39, 0.29) is 10.5 Å². The molecule has 144 valence electrons. The molecule has 0 fully saturated rings. The Morgan fingerprint density at radius 1 is 1.25 bits per heavy atom. The normalized spacial score (nSPS) is 11.6. The number of H-pyrrole nitrogens is 1. The van der Waals surface area contributed by atoms with Crippen molar-refractivity contribution in [2.75, 3.05) is 0 Å². The molecular weight excluding hydrogens is 382 g/mol. The maximum atomic E-state index is 11.6. The summed E-state index contributed by atoms with van der Waals surface area (Å²) in [5, 5.41) is 25.6. The van der Waals surface area contributed by atoms with Crippen molar-refractivity contribution in [2.45, 2.75) is 25.4 Å². The topological polar surface area (TPSA) is 129 Å². The van der Waals surface area contributed by atoms with Gasteiger partial charge in [0.1, 0.15) is 22.3 Å². The average Bonchev–Trinajstić information content (AvgIpc) is 3.30. The molecule has 0 aliphatic carbocycles. The van der Waals surface area contributed by atoms with Crippen LogP contribution in [0.25, 0.3) is 17.4 Å². The number of aromatic amines is 1. The summed E-state index contributed by atoms with van der Waals surface area (Å²) in [5.41, 5.74) is 1.66. The maximum Gasteiger partial charge on any atom is 0.342 e. The van der Waals surface area contributed by atoms with Gasteiger partial charge in [-0.1, -0.05) is 13.0 Å². The van der Waals surface area contributed by atoms with E-state index in [9.17, 15) is 14.7 Å². The first-order chi connectivity index (χ1) is 13.4. The molecule has 0 amide bonds. The predicted molar refractivity (Wildman–Crippen MR) is 103 cm³/mol. The maximum absolute atomic E-state index is 11.6. The van der Waals surface area contributed by atoms with Crippen molar-refractivity contribution >= 4 is 29.8 Å². The first-order valence-corrected chi connectivity index (χ1v) is 9.17. The van der Waals surface area contributed by atoms with Gasteiger partial charge in [0.25, 0.3) is 0 Å². The number of carboxylic acid groups (broad SMARTS) is 2. The fraction of sp³-hybridized carbons (Fsp3) is 0.158. The molecule has 9 heteroatoms. The van der Waals surface area contributed by atoms with E-state index in [0.29, 0.717) is 28.9 Å². The van der Waals surface area contributed by atoms with E-state index in [0.717, 1.165) is 22.9 Å². The number of carboxylic acids is 2. The van der Waals surface area contributed by atoms with Crippen molar-refractivity contribution in [1.29, 1.82) is 0 Å². The van der Waals surface area contributed by atoms with E-state index in [1.165, 1.54) is 12.1 Å². The third-order valence-electron chi connectivity index (χ3n) is 3.90. The number of carbonyl (C=O) groups is 2. The van der Waals surface area contributed by atoms with E-state index in [4.69, 9.17) is 9.52 Å². The molecule has 0 radical (unpaired) electrons. The molecule has 0 aliphatic rings. The number of aryl methyl sites for hydroxylation is 2. The lowest BCUT2D eigenvalue weighted by molar-refractivity contribution is -0.131. The van der Waals surface area contributed by atoms with Gasteiger partial charge in [-0.25, -0.2) is 14.6 Å². The van der Waals surface area contributed by atoms with Crippen molar-refractivity contribution in [1.82, 2.24) is 15.2 Å². The average molecular weight is 399 g/mol. The second-order valence-corrected chi connectivity index (χ2v) is 6.88. The van der Waals surface area contributed by atoms with Crippen LogP contribution in [0, 0.1) is 6.92 Å². The van der Waals surface area contributed by atoms with Crippen LogP contribution in [0.3, 0.4) is 0 Å². The fourth-order valence-electron chi connectivity index (χ4n) is 2.49. The molecule has 0 atom stereocenters. The molecule has 0 saturated carbocycles. The molecule has 1 aromatic carbocycles. The van der Waals surface area contributed by atoms with Crippen LogP contribution in [0.4, 0.5) is 0 Å². The number of nitrogens with zero attached hydrogens (tertiary/aromatic N) is 2. The SMILES string of the molecule is CCc1nc(S/C(=C/c2ccc(-c3ccc(C(=O)O)cc3C)o2)C(=O)O)n[nH]1. The number of aliphatic carboxylic acids is 1. The Balaban J connectivity index is 1.86. The summed E-state index contributed by atoms with van der Waals surface area (Å²) in [6.45, 7) is 3.70. The molecule has 3 N–H and O–H groups in total. The lowest BCUT2D eigenvalue weighted by Gasteiger charge is -2.04. The minimum absolute atomic E-state index is 0.0144. The van der Waals surface area contributed by atoms with Crippen LogP contribution < -0.4 is 0 Å². The van der Waals surface area contributed by atoms with Gasteiger partial charge in [-0.05, 0) is 48.5 Å². The third kappa shape index (κ3) is 4.32. The van der Waals surface area contributed by atoms with E-state index < -0.39 is 11.9 Å². The highest BCUT2D eigenvalue weighted by Crippen LogP contribution is 2.30. The van der Waals surface area contributed by atoms with Gasteiger partial charge in [-0.2, -0.15) is 0 Å². The smallest absolute Gasteiger partial charge is 0.342 e. The van der Waals surface area contributed by atoms with Crippen molar-refractivity contribution in [3.8, 4) is 11.3 Å². The first-order valence-electron chi connectivity index (χ1n) is 8.35. The number of hydrogen-bond donors (Lipinski definition) is 3. The Bertz CT molecular complexity index is 1070. The van der Waals surface area contributed by atoms with Gasteiger partial charge in [-0.15, -0.1) is 5.10 Å². The van der Waals surface area contributed by atoms with Crippen LogP contribution in [-0.2, 0) is 11.2 Å². The zero-order valence-electron chi connectivity index (χ0n) is 15.1. The molecule has 0 aliphatic heterocycles. The number of furan rings is 1. The molecule has 0 saturated heterocycles. The Kier molecular flexibility index (Phi) is 5.65. The molecule has 2 aromatic heterocycles. The summed E-state index contributed by atoms with van der Waals surface area (Å²) >= 11 is 0.924. The zero-order chi connectivity index (χ0) is 20.3. The summed E-state index contributed by atoms with van der Waals surface area (Å²) in [5.74, 6) is -0.575. The Hall–Kier alpha value is -3.33. The number of aromatic carboxylic acids is 1. The van der Waals surface area contributed by atoms with Crippen LogP contribution in [0.2, 0.25) is 0 Å². The number of hydrogen-bond acceptors (Lipinski definition) is 6. The van der Waals surface area contributed by atoms with Gasteiger partial charge in [0, 0.05) is 18.1 Å². The van der Waals surface area contributed by atoms with Crippen molar-refractivity contribution in [3.63, 3.8) is 0 Å². The minimum Gasteiger partial charge on any atom is -0.478 e. The Morgan fingerprint density at radius 2 is 2.04 bits per heavy atom. The molecule has 0 bridgehead atoms. The second-order valence-electron chi connectivity index (χ2n) is 5.87.